The molecule has 1 aliphatic heterocycles. The summed E-state index contributed by atoms with van der Waals surface area (Å²) < 4.78 is 11.6. The standard InChI is InChI=1S/C24H32N2O3/c1-3-28-21-15-14-17(16-22(21)29-4-2)23-19-12-8-9-13-20(19)24(27)26(25-23)18-10-6-5-7-11-18/h8-9,14-16,18-20H,3-7,10-13H2,1-2H3. The first-order chi connectivity index (χ1) is 14.2. The average Bonchev–Trinajstić information content (AvgIpc) is 2.76. The van der Waals surface area contributed by atoms with Crippen LogP contribution in [0.4, 0.5) is 0 Å². The monoisotopic (exact) mass is 396 g/mol. The summed E-state index contributed by atoms with van der Waals surface area (Å²) in [7, 11) is 0. The van der Waals surface area contributed by atoms with E-state index in [9.17, 15) is 4.79 Å². The largest absolute Gasteiger partial charge is 0.490 e. The summed E-state index contributed by atoms with van der Waals surface area (Å²) in [4.78, 5) is 13.3. The lowest BCUT2D eigenvalue weighted by Crippen LogP contribution is -2.49. The lowest BCUT2D eigenvalue weighted by atomic mass is 9.76. The summed E-state index contributed by atoms with van der Waals surface area (Å²) in [6.07, 6.45) is 11.8. The fourth-order valence-electron chi connectivity index (χ4n) is 4.87. The van der Waals surface area contributed by atoms with Crippen LogP contribution in [0, 0.1) is 11.8 Å². The fourth-order valence-corrected chi connectivity index (χ4v) is 4.87. The molecule has 0 saturated heterocycles. The summed E-state index contributed by atoms with van der Waals surface area (Å²) in [6.45, 7) is 5.13. The predicted octanol–water partition coefficient (Wildman–Crippen LogP) is 4.95. The highest BCUT2D eigenvalue weighted by Crippen LogP contribution is 2.39. The Morgan fingerprint density at radius 3 is 2.38 bits per heavy atom. The lowest BCUT2D eigenvalue weighted by molar-refractivity contribution is -0.141. The Morgan fingerprint density at radius 2 is 1.66 bits per heavy atom. The van der Waals surface area contributed by atoms with Gasteiger partial charge in [0.1, 0.15) is 0 Å². The van der Waals surface area contributed by atoms with Crippen LogP contribution in [0.3, 0.4) is 0 Å². The molecule has 29 heavy (non-hydrogen) atoms. The van der Waals surface area contributed by atoms with Crippen LogP contribution in [0.25, 0.3) is 0 Å². The van der Waals surface area contributed by atoms with Gasteiger partial charge in [-0.2, -0.15) is 5.10 Å². The van der Waals surface area contributed by atoms with Gasteiger partial charge in [0.15, 0.2) is 11.5 Å². The van der Waals surface area contributed by atoms with Crippen LogP contribution in [0.1, 0.15) is 64.4 Å². The number of rotatable bonds is 6. The Labute approximate surface area is 173 Å². The number of nitrogens with zero attached hydrogens (tertiary/aromatic N) is 2. The zero-order valence-electron chi connectivity index (χ0n) is 17.6. The molecule has 1 fully saturated rings. The summed E-state index contributed by atoms with van der Waals surface area (Å²) in [5.41, 5.74) is 2.06. The van der Waals surface area contributed by atoms with E-state index in [0.29, 0.717) is 13.2 Å². The number of hydrazone groups is 1. The lowest BCUT2D eigenvalue weighted by Gasteiger charge is -2.41. The molecule has 4 rings (SSSR count). The van der Waals surface area contributed by atoms with Crippen LogP contribution < -0.4 is 9.47 Å². The number of carbonyl (C=O) groups excluding carboxylic acids is 1. The third-order valence-electron chi connectivity index (χ3n) is 6.30. The fraction of sp³-hybridized carbons (Fsp3) is 0.583. The summed E-state index contributed by atoms with van der Waals surface area (Å²) >= 11 is 0. The number of allylic oxidation sites excluding steroid dienone is 2. The van der Waals surface area contributed by atoms with Crippen LogP contribution in [0.5, 0.6) is 11.5 Å². The molecule has 1 saturated carbocycles. The number of fused-ring (bicyclic) bond motifs is 1. The molecule has 5 nitrogen and oxygen atoms in total. The second kappa shape index (κ2) is 9.02. The van der Waals surface area contributed by atoms with E-state index in [0.717, 1.165) is 48.5 Å². The van der Waals surface area contributed by atoms with Gasteiger partial charge in [-0.05, 0) is 57.7 Å². The first-order valence-corrected chi connectivity index (χ1v) is 11.2. The molecular formula is C24H32N2O3. The molecule has 5 heteroatoms. The molecule has 1 aromatic carbocycles. The normalized spacial score (nSPS) is 24.8. The number of ether oxygens (including phenoxy) is 2. The minimum atomic E-state index is -0.00321. The van der Waals surface area contributed by atoms with Crippen molar-refractivity contribution in [3.63, 3.8) is 0 Å². The zero-order valence-corrected chi connectivity index (χ0v) is 17.6. The molecule has 0 bridgehead atoms. The Balaban J connectivity index is 1.73. The highest BCUT2D eigenvalue weighted by Gasteiger charge is 2.42. The van der Waals surface area contributed by atoms with Gasteiger partial charge in [0.05, 0.1) is 30.9 Å². The molecule has 2 unspecified atom stereocenters. The van der Waals surface area contributed by atoms with Crippen molar-refractivity contribution in [1.82, 2.24) is 5.01 Å². The molecular weight excluding hydrogens is 364 g/mol. The van der Waals surface area contributed by atoms with Crippen LogP contribution in [0.2, 0.25) is 0 Å². The zero-order chi connectivity index (χ0) is 20.2. The van der Waals surface area contributed by atoms with Crippen molar-refractivity contribution >= 4 is 11.6 Å². The molecule has 0 N–H and O–H groups in total. The maximum absolute atomic E-state index is 13.3. The smallest absolute Gasteiger partial charge is 0.247 e. The van der Waals surface area contributed by atoms with Crippen molar-refractivity contribution in [3.8, 4) is 11.5 Å². The summed E-state index contributed by atoms with van der Waals surface area (Å²) in [6, 6.07) is 6.32. The molecule has 2 atom stereocenters. The second-order valence-corrected chi connectivity index (χ2v) is 8.14. The van der Waals surface area contributed by atoms with Gasteiger partial charge in [0, 0.05) is 11.5 Å². The van der Waals surface area contributed by atoms with Crippen LogP contribution in [0.15, 0.2) is 35.5 Å². The van der Waals surface area contributed by atoms with E-state index in [1.165, 1.54) is 19.3 Å². The molecule has 2 aliphatic carbocycles. The summed E-state index contributed by atoms with van der Waals surface area (Å²) in [5.74, 6) is 1.86. The van der Waals surface area contributed by atoms with Gasteiger partial charge in [0.2, 0.25) is 5.91 Å². The minimum absolute atomic E-state index is 0.00321. The molecule has 0 radical (unpaired) electrons. The van der Waals surface area contributed by atoms with Gasteiger partial charge < -0.3 is 9.47 Å². The number of amides is 1. The van der Waals surface area contributed by atoms with Crippen molar-refractivity contribution in [3.05, 3.63) is 35.9 Å². The molecule has 1 aromatic rings. The topological polar surface area (TPSA) is 51.1 Å². The summed E-state index contributed by atoms with van der Waals surface area (Å²) in [5, 5.41) is 6.83. The molecule has 3 aliphatic rings. The van der Waals surface area contributed by atoms with Gasteiger partial charge in [0.25, 0.3) is 0 Å². The number of carbonyl (C=O) groups is 1. The van der Waals surface area contributed by atoms with Crippen LogP contribution in [-0.4, -0.2) is 35.9 Å². The predicted molar refractivity (Wildman–Crippen MR) is 114 cm³/mol. The Kier molecular flexibility index (Phi) is 6.22. The van der Waals surface area contributed by atoms with Crippen molar-refractivity contribution in [2.45, 2.75) is 64.8 Å². The maximum atomic E-state index is 13.3. The second-order valence-electron chi connectivity index (χ2n) is 8.14. The average molecular weight is 397 g/mol. The van der Waals surface area contributed by atoms with E-state index in [4.69, 9.17) is 14.6 Å². The first-order valence-electron chi connectivity index (χ1n) is 11.2. The van der Waals surface area contributed by atoms with E-state index in [1.54, 1.807) is 0 Å². The van der Waals surface area contributed by atoms with Crippen LogP contribution >= 0.6 is 0 Å². The Bertz CT molecular complexity index is 795. The van der Waals surface area contributed by atoms with E-state index >= 15 is 0 Å². The van der Waals surface area contributed by atoms with E-state index < -0.39 is 0 Å². The van der Waals surface area contributed by atoms with E-state index in [2.05, 4.69) is 18.2 Å². The van der Waals surface area contributed by atoms with Crippen molar-refractivity contribution < 1.29 is 14.3 Å². The van der Waals surface area contributed by atoms with Gasteiger partial charge in [-0.1, -0.05) is 31.4 Å². The number of benzene rings is 1. The van der Waals surface area contributed by atoms with Gasteiger partial charge in [-0.15, -0.1) is 0 Å². The molecule has 0 aromatic heterocycles. The SMILES string of the molecule is CCOc1ccc(C2=NN(C3CCCCC3)C(=O)C3CC=CCC23)cc1OCC. The van der Waals surface area contributed by atoms with Crippen molar-refractivity contribution in [2.75, 3.05) is 13.2 Å². The minimum Gasteiger partial charge on any atom is -0.490 e. The van der Waals surface area contributed by atoms with Gasteiger partial charge >= 0.3 is 0 Å². The maximum Gasteiger partial charge on any atom is 0.247 e. The molecule has 0 spiro atoms. The highest BCUT2D eigenvalue weighted by atomic mass is 16.5. The first kappa shape index (κ1) is 20.0. The van der Waals surface area contributed by atoms with Gasteiger partial charge in [-0.25, -0.2) is 5.01 Å². The third-order valence-corrected chi connectivity index (χ3v) is 6.30. The number of hydrogen-bond acceptors (Lipinski definition) is 4. The van der Waals surface area contributed by atoms with Crippen molar-refractivity contribution in [1.29, 1.82) is 0 Å². The van der Waals surface area contributed by atoms with E-state index in [-0.39, 0.29) is 23.8 Å². The van der Waals surface area contributed by atoms with E-state index in [1.807, 2.05) is 31.0 Å². The quantitative estimate of drug-likeness (QED) is 0.640. The van der Waals surface area contributed by atoms with Gasteiger partial charge in [-0.3, -0.25) is 4.79 Å². The molecule has 156 valence electrons. The Morgan fingerprint density at radius 1 is 0.966 bits per heavy atom. The Hall–Kier alpha value is -2.30. The highest BCUT2D eigenvalue weighted by molar-refractivity contribution is 6.07. The third kappa shape index (κ3) is 4.05. The van der Waals surface area contributed by atoms with Crippen molar-refractivity contribution in [2.24, 2.45) is 16.9 Å². The molecule has 1 amide bonds. The number of hydrogen-bond donors (Lipinski definition) is 0. The van der Waals surface area contributed by atoms with Crippen LogP contribution in [-0.2, 0) is 4.79 Å². The molecule has 1 heterocycles.